The first kappa shape index (κ1) is 32.0. The van der Waals surface area contributed by atoms with E-state index in [9.17, 15) is 0 Å². The standard InChI is InChI=1S/C46H31N7S/c47-41-36(27-35-40(43(41)52-54)34-19-7-10-20-37(34)48-42(35)28-13-3-1-4-14-28)46-50-44(29-15-5-2-6-16-29)49-45(51-46)30-23-25-31(26-24-30)53-38-21-11-8-17-32(38)33-18-9-12-22-39(33)53/h1-27,41,54H,47H2/b52-43-. The summed E-state index contributed by atoms with van der Waals surface area (Å²) in [4.78, 5) is 20.4. The van der Waals surface area contributed by atoms with Crippen molar-refractivity contribution >= 4 is 62.9 Å². The second-order valence-corrected chi connectivity index (χ2v) is 13.5. The fourth-order valence-electron chi connectivity index (χ4n) is 7.63. The van der Waals surface area contributed by atoms with Crippen LogP contribution in [0, 0.1) is 0 Å². The van der Waals surface area contributed by atoms with Crippen molar-refractivity contribution < 1.29 is 0 Å². The molecule has 0 aliphatic heterocycles. The van der Waals surface area contributed by atoms with Crippen LogP contribution in [0.15, 0.2) is 162 Å². The third kappa shape index (κ3) is 5.23. The molecule has 8 heteroatoms. The van der Waals surface area contributed by atoms with Crippen LogP contribution in [0.5, 0.6) is 0 Å². The van der Waals surface area contributed by atoms with Gasteiger partial charge in [0.15, 0.2) is 17.5 Å². The highest BCUT2D eigenvalue weighted by molar-refractivity contribution is 7.79. The molecule has 256 valence electrons. The van der Waals surface area contributed by atoms with Crippen LogP contribution < -0.4 is 5.73 Å². The van der Waals surface area contributed by atoms with Crippen LogP contribution in [0.4, 0.5) is 0 Å². The zero-order valence-electron chi connectivity index (χ0n) is 28.9. The summed E-state index contributed by atoms with van der Waals surface area (Å²) in [5, 5.41) is 3.39. The third-order valence-corrected chi connectivity index (χ3v) is 10.4. The Balaban J connectivity index is 1.16. The zero-order valence-corrected chi connectivity index (χ0v) is 29.8. The molecule has 9 aromatic rings. The third-order valence-electron chi connectivity index (χ3n) is 10.2. The normalized spacial score (nSPS) is 14.8. The molecule has 0 fully saturated rings. The van der Waals surface area contributed by atoms with Crippen molar-refractivity contribution in [1.29, 1.82) is 0 Å². The Hall–Kier alpha value is -6.74. The molecular weight excluding hydrogens is 683 g/mol. The maximum atomic E-state index is 7.13. The lowest BCUT2D eigenvalue weighted by Crippen LogP contribution is -2.36. The maximum Gasteiger partial charge on any atom is 0.164 e. The Morgan fingerprint density at radius 1 is 0.519 bits per heavy atom. The van der Waals surface area contributed by atoms with E-state index in [0.717, 1.165) is 61.1 Å². The number of nitrogens with two attached hydrogens (primary N) is 1. The summed E-state index contributed by atoms with van der Waals surface area (Å²) >= 11 is 4.49. The van der Waals surface area contributed by atoms with E-state index in [1.165, 1.54) is 10.8 Å². The van der Waals surface area contributed by atoms with E-state index in [1.807, 2.05) is 66.7 Å². The van der Waals surface area contributed by atoms with Gasteiger partial charge in [-0.2, -0.15) is 0 Å². The highest BCUT2D eigenvalue weighted by atomic mass is 32.1. The smallest absolute Gasteiger partial charge is 0.164 e. The van der Waals surface area contributed by atoms with Gasteiger partial charge in [0, 0.05) is 55.2 Å². The molecule has 0 bridgehead atoms. The number of benzene rings is 6. The Labute approximate surface area is 316 Å². The summed E-state index contributed by atoms with van der Waals surface area (Å²) in [6.07, 6.45) is 2.07. The number of thiol groups is 1. The van der Waals surface area contributed by atoms with E-state index < -0.39 is 6.04 Å². The van der Waals surface area contributed by atoms with Crippen molar-refractivity contribution in [3.05, 3.63) is 175 Å². The van der Waals surface area contributed by atoms with Crippen molar-refractivity contribution in [1.82, 2.24) is 24.5 Å². The minimum atomic E-state index is -0.666. The molecule has 0 radical (unpaired) electrons. The van der Waals surface area contributed by atoms with Gasteiger partial charge in [-0.25, -0.2) is 24.3 Å². The summed E-state index contributed by atoms with van der Waals surface area (Å²) in [7, 11) is 0. The first-order chi connectivity index (χ1) is 26.7. The van der Waals surface area contributed by atoms with Gasteiger partial charge in [-0.3, -0.25) is 0 Å². The molecule has 3 heterocycles. The van der Waals surface area contributed by atoms with Gasteiger partial charge in [-0.1, -0.05) is 115 Å². The average Bonchev–Trinajstić information content (AvgIpc) is 3.58. The Kier molecular flexibility index (Phi) is 7.71. The Morgan fingerprint density at radius 3 is 1.67 bits per heavy atom. The summed E-state index contributed by atoms with van der Waals surface area (Å²) in [6, 6.07) is 52.9. The lowest BCUT2D eigenvalue weighted by atomic mass is 9.82. The molecule has 0 amide bonds. The summed E-state index contributed by atoms with van der Waals surface area (Å²) in [5.41, 5.74) is 18.0. The van der Waals surface area contributed by atoms with Gasteiger partial charge in [0.1, 0.15) is 0 Å². The van der Waals surface area contributed by atoms with E-state index in [2.05, 4.69) is 119 Å². The molecular formula is C46H31N7S. The fraction of sp³-hybridized carbons (Fsp3) is 0.0217. The van der Waals surface area contributed by atoms with Gasteiger partial charge in [0.05, 0.1) is 34.0 Å². The molecule has 10 rings (SSSR count). The van der Waals surface area contributed by atoms with Gasteiger partial charge in [-0.15, -0.1) is 0 Å². The van der Waals surface area contributed by atoms with E-state index in [-0.39, 0.29) is 0 Å². The molecule has 7 nitrogen and oxygen atoms in total. The van der Waals surface area contributed by atoms with E-state index in [0.29, 0.717) is 28.8 Å². The minimum absolute atomic E-state index is 0.463. The van der Waals surface area contributed by atoms with E-state index in [4.69, 9.17) is 25.7 Å². The number of hydrogen-bond donors (Lipinski definition) is 2. The van der Waals surface area contributed by atoms with Crippen LogP contribution in [0.1, 0.15) is 17.0 Å². The lowest BCUT2D eigenvalue weighted by Gasteiger charge is -2.27. The highest BCUT2D eigenvalue weighted by Gasteiger charge is 2.32. The topological polar surface area (TPSA) is 94.9 Å². The molecule has 2 N–H and O–H groups in total. The van der Waals surface area contributed by atoms with Gasteiger partial charge in [0.2, 0.25) is 0 Å². The van der Waals surface area contributed by atoms with Crippen LogP contribution in [-0.2, 0) is 0 Å². The quantitative estimate of drug-likeness (QED) is 0.173. The summed E-state index contributed by atoms with van der Waals surface area (Å²) in [5.74, 6) is 1.55. The number of hydrogen-bond acceptors (Lipinski definition) is 7. The maximum absolute atomic E-state index is 7.13. The fourth-order valence-corrected chi connectivity index (χ4v) is 7.86. The lowest BCUT2D eigenvalue weighted by molar-refractivity contribution is 0.993. The average molecular weight is 714 g/mol. The Bertz CT molecular complexity index is 2900. The molecule has 1 aliphatic rings. The summed E-state index contributed by atoms with van der Waals surface area (Å²) in [6.45, 7) is 0. The molecule has 54 heavy (non-hydrogen) atoms. The molecule has 0 saturated carbocycles. The van der Waals surface area contributed by atoms with Crippen molar-refractivity contribution in [2.45, 2.75) is 6.04 Å². The van der Waals surface area contributed by atoms with Gasteiger partial charge in [0.25, 0.3) is 0 Å². The van der Waals surface area contributed by atoms with E-state index in [1.54, 1.807) is 0 Å². The number of fused-ring (bicyclic) bond motifs is 6. The number of rotatable bonds is 5. The predicted octanol–water partition coefficient (Wildman–Crippen LogP) is 10.0. The molecule has 0 spiro atoms. The molecule has 3 aromatic heterocycles. The SMILES string of the molecule is NC1C(c2nc(-c3ccccc3)nc(-c3ccc(-n4c5ccccc5c5ccccc54)cc3)n2)=Cc2c(-c3ccccc3)nc3ccccc3c2/C1=N/S. The van der Waals surface area contributed by atoms with Crippen molar-refractivity contribution in [3.63, 3.8) is 0 Å². The van der Waals surface area contributed by atoms with Crippen LogP contribution in [0.25, 0.3) is 84.1 Å². The van der Waals surface area contributed by atoms with Crippen LogP contribution >= 0.6 is 12.8 Å². The number of nitrogens with zero attached hydrogens (tertiary/aromatic N) is 6. The second kappa shape index (κ2) is 13.0. The zero-order chi connectivity index (χ0) is 36.2. The summed E-state index contributed by atoms with van der Waals surface area (Å²) < 4.78 is 6.81. The first-order valence-electron chi connectivity index (χ1n) is 17.7. The van der Waals surface area contributed by atoms with Gasteiger partial charge < -0.3 is 10.3 Å². The molecule has 1 aliphatic carbocycles. The largest absolute Gasteiger partial charge is 0.319 e. The monoisotopic (exact) mass is 713 g/mol. The molecule has 1 unspecified atom stereocenters. The van der Waals surface area contributed by atoms with E-state index >= 15 is 0 Å². The predicted molar refractivity (Wildman–Crippen MR) is 224 cm³/mol. The van der Waals surface area contributed by atoms with Crippen LogP contribution in [0.2, 0.25) is 0 Å². The van der Waals surface area contributed by atoms with Crippen molar-refractivity contribution in [3.8, 4) is 39.7 Å². The van der Waals surface area contributed by atoms with Crippen LogP contribution in [0.3, 0.4) is 0 Å². The molecule has 0 saturated heterocycles. The number of para-hydroxylation sites is 3. The van der Waals surface area contributed by atoms with Gasteiger partial charge in [-0.05, 0) is 61.4 Å². The highest BCUT2D eigenvalue weighted by Crippen LogP contribution is 2.39. The van der Waals surface area contributed by atoms with Gasteiger partial charge >= 0.3 is 0 Å². The second-order valence-electron chi connectivity index (χ2n) is 13.3. The van der Waals surface area contributed by atoms with Crippen molar-refractivity contribution in [2.24, 2.45) is 10.1 Å². The molecule has 6 aromatic carbocycles. The number of pyridine rings is 1. The van der Waals surface area contributed by atoms with Crippen molar-refractivity contribution in [2.75, 3.05) is 0 Å². The molecule has 1 atom stereocenters. The minimum Gasteiger partial charge on any atom is -0.319 e. The number of aromatic nitrogens is 5. The van der Waals surface area contributed by atoms with Crippen LogP contribution in [-0.4, -0.2) is 36.3 Å². The first-order valence-corrected chi connectivity index (χ1v) is 18.1. The Morgan fingerprint density at radius 2 is 1.04 bits per heavy atom.